The van der Waals surface area contributed by atoms with Gasteiger partial charge in [-0.15, -0.1) is 0 Å². The number of fused-ring (bicyclic) bond motifs is 1. The molecule has 3 rings (SSSR count). The second-order valence-electron chi connectivity index (χ2n) is 7.95. The fourth-order valence-electron chi connectivity index (χ4n) is 3.06. The van der Waals surface area contributed by atoms with Crippen molar-refractivity contribution >= 4 is 42.4 Å². The number of carbonyl (C=O) groups excluding carboxylic acids is 1. The van der Waals surface area contributed by atoms with Crippen molar-refractivity contribution in [2.24, 2.45) is 0 Å². The van der Waals surface area contributed by atoms with Crippen molar-refractivity contribution in [2.75, 3.05) is 38.3 Å². The number of carbonyl (C=O) groups is 1. The number of likely N-dealkylation sites (N-methyl/N-ethyl adjacent to an activating group) is 1. The van der Waals surface area contributed by atoms with E-state index in [1.54, 1.807) is 19.0 Å². The fourth-order valence-corrected chi connectivity index (χ4v) is 4.81. The number of aromatic nitrogens is 1. The molecule has 1 heterocycles. The summed E-state index contributed by atoms with van der Waals surface area (Å²) in [6.07, 6.45) is -9.21. The Morgan fingerprint density at radius 2 is 1.51 bits per heavy atom. The van der Waals surface area contributed by atoms with Gasteiger partial charge in [0.15, 0.2) is 15.0 Å². The summed E-state index contributed by atoms with van der Waals surface area (Å²) in [7, 11) is -0.201. The molecule has 0 fully saturated rings. The highest BCUT2D eigenvalue weighted by atomic mass is 32.2. The molecule has 0 aliphatic rings. The van der Waals surface area contributed by atoms with E-state index >= 15 is 0 Å². The average Bonchev–Trinajstić information content (AvgIpc) is 3.14. The zero-order valence-electron chi connectivity index (χ0n) is 18.5. The third-order valence-electron chi connectivity index (χ3n) is 4.86. The Bertz CT molecular complexity index is 1330. The Labute approximate surface area is 200 Å². The predicted octanol–water partition coefficient (Wildman–Crippen LogP) is 4.95. The van der Waals surface area contributed by atoms with Crippen molar-refractivity contribution in [1.82, 2.24) is 9.88 Å². The van der Waals surface area contributed by atoms with Crippen LogP contribution >= 0.6 is 11.3 Å². The number of hydrogen-bond acceptors (Lipinski definition) is 6. The Morgan fingerprint density at radius 1 is 0.943 bits per heavy atom. The fraction of sp³-hybridized carbons (Fsp3) is 0.333. The third-order valence-corrected chi connectivity index (χ3v) is 7.01. The van der Waals surface area contributed by atoms with E-state index in [0.29, 0.717) is 22.3 Å². The van der Waals surface area contributed by atoms with Crippen LogP contribution in [-0.2, 0) is 22.2 Å². The monoisotopic (exact) mass is 539 g/mol. The number of benzene rings is 2. The van der Waals surface area contributed by atoms with Crippen molar-refractivity contribution < 1.29 is 39.6 Å². The third kappa shape index (κ3) is 6.30. The Balaban J connectivity index is 2.14. The number of amides is 1. The topological polar surface area (TPSA) is 70.6 Å². The quantitative estimate of drug-likeness (QED) is 0.415. The molecule has 0 saturated carbocycles. The summed E-state index contributed by atoms with van der Waals surface area (Å²) in [5.74, 6) is -1.11. The molecule has 6 nitrogen and oxygen atoms in total. The van der Waals surface area contributed by atoms with Crippen molar-refractivity contribution in [3.8, 4) is 0 Å². The lowest BCUT2D eigenvalue weighted by Gasteiger charge is -2.23. The number of halogens is 6. The summed E-state index contributed by atoms with van der Waals surface area (Å²) >= 11 is 0.896. The summed E-state index contributed by atoms with van der Waals surface area (Å²) in [6.45, 7) is 0.129. The van der Waals surface area contributed by atoms with E-state index in [-0.39, 0.29) is 29.2 Å². The maximum atomic E-state index is 13.3. The van der Waals surface area contributed by atoms with Gasteiger partial charge in [-0.3, -0.25) is 9.69 Å². The van der Waals surface area contributed by atoms with Gasteiger partial charge in [0.05, 0.1) is 26.2 Å². The highest BCUT2D eigenvalue weighted by molar-refractivity contribution is 7.90. The molecular formula is C21H19F6N3O3S2. The second kappa shape index (κ2) is 9.39. The molecule has 0 spiro atoms. The molecular weight excluding hydrogens is 520 g/mol. The van der Waals surface area contributed by atoms with Gasteiger partial charge in [0.2, 0.25) is 0 Å². The van der Waals surface area contributed by atoms with Gasteiger partial charge in [-0.05, 0) is 50.5 Å². The van der Waals surface area contributed by atoms with Crippen molar-refractivity contribution in [2.45, 2.75) is 17.2 Å². The van der Waals surface area contributed by atoms with Crippen LogP contribution in [0.4, 0.5) is 31.5 Å². The van der Waals surface area contributed by atoms with E-state index in [1.807, 2.05) is 0 Å². The van der Waals surface area contributed by atoms with Crippen LogP contribution in [0.3, 0.4) is 0 Å². The SMILES string of the molecule is CN(C)CCN(C(=O)c1cc(C(F)(F)F)cc(C(F)(F)F)c1)c1nc2ccc(S(C)(=O)=O)cc2s1. The first-order valence-electron chi connectivity index (χ1n) is 9.83. The van der Waals surface area contributed by atoms with Gasteiger partial charge < -0.3 is 4.90 Å². The molecule has 0 aliphatic carbocycles. The van der Waals surface area contributed by atoms with E-state index < -0.39 is 44.8 Å². The zero-order valence-corrected chi connectivity index (χ0v) is 20.2. The number of anilines is 1. The first-order chi connectivity index (χ1) is 16.0. The van der Waals surface area contributed by atoms with E-state index in [0.717, 1.165) is 22.5 Å². The summed E-state index contributed by atoms with van der Waals surface area (Å²) in [5.41, 5.74) is -3.70. The van der Waals surface area contributed by atoms with Crippen LogP contribution in [-0.4, -0.2) is 57.6 Å². The van der Waals surface area contributed by atoms with Gasteiger partial charge in [-0.1, -0.05) is 11.3 Å². The van der Waals surface area contributed by atoms with E-state index in [4.69, 9.17) is 0 Å². The number of nitrogens with zero attached hydrogens (tertiary/aromatic N) is 3. The van der Waals surface area contributed by atoms with Crippen molar-refractivity contribution in [3.63, 3.8) is 0 Å². The van der Waals surface area contributed by atoms with Gasteiger partial charge in [0, 0.05) is 24.9 Å². The highest BCUT2D eigenvalue weighted by Crippen LogP contribution is 2.37. The lowest BCUT2D eigenvalue weighted by atomic mass is 10.0. The van der Waals surface area contributed by atoms with Crippen LogP contribution < -0.4 is 4.90 Å². The van der Waals surface area contributed by atoms with Crippen molar-refractivity contribution in [3.05, 3.63) is 53.1 Å². The molecule has 2 aromatic carbocycles. The number of alkyl halides is 6. The molecule has 35 heavy (non-hydrogen) atoms. The number of thiazole rings is 1. The van der Waals surface area contributed by atoms with Gasteiger partial charge in [0.25, 0.3) is 5.91 Å². The van der Waals surface area contributed by atoms with Crippen LogP contribution in [0.25, 0.3) is 10.2 Å². The highest BCUT2D eigenvalue weighted by Gasteiger charge is 2.38. The molecule has 0 atom stereocenters. The molecule has 0 radical (unpaired) electrons. The second-order valence-corrected chi connectivity index (χ2v) is 11.0. The molecule has 0 saturated heterocycles. The average molecular weight is 540 g/mol. The summed E-state index contributed by atoms with van der Waals surface area (Å²) < 4.78 is 104. The smallest absolute Gasteiger partial charge is 0.308 e. The van der Waals surface area contributed by atoms with Crippen LogP contribution in [0.2, 0.25) is 0 Å². The molecule has 0 unspecified atom stereocenters. The maximum Gasteiger partial charge on any atom is 0.416 e. The van der Waals surface area contributed by atoms with Gasteiger partial charge in [0.1, 0.15) is 0 Å². The van der Waals surface area contributed by atoms with E-state index in [2.05, 4.69) is 4.98 Å². The van der Waals surface area contributed by atoms with Gasteiger partial charge in [-0.25, -0.2) is 13.4 Å². The zero-order chi connectivity index (χ0) is 26.3. The van der Waals surface area contributed by atoms with Crippen LogP contribution in [0.15, 0.2) is 41.3 Å². The first kappa shape index (κ1) is 26.9. The van der Waals surface area contributed by atoms with Crippen LogP contribution in [0.5, 0.6) is 0 Å². The first-order valence-corrected chi connectivity index (χ1v) is 12.5. The Kier molecular flexibility index (Phi) is 7.21. The molecule has 1 aromatic heterocycles. The summed E-state index contributed by atoms with van der Waals surface area (Å²) in [4.78, 5) is 20.2. The lowest BCUT2D eigenvalue weighted by Crippen LogP contribution is -2.37. The number of sulfone groups is 1. The molecule has 0 aliphatic heterocycles. The minimum atomic E-state index is -5.11. The Morgan fingerprint density at radius 3 is 2.00 bits per heavy atom. The van der Waals surface area contributed by atoms with Gasteiger partial charge >= 0.3 is 12.4 Å². The maximum absolute atomic E-state index is 13.3. The van der Waals surface area contributed by atoms with E-state index in [1.165, 1.54) is 18.2 Å². The van der Waals surface area contributed by atoms with Crippen molar-refractivity contribution in [1.29, 1.82) is 0 Å². The molecule has 1 amide bonds. The predicted molar refractivity (Wildman–Crippen MR) is 119 cm³/mol. The largest absolute Gasteiger partial charge is 0.416 e. The normalized spacial score (nSPS) is 13.0. The molecule has 14 heteroatoms. The molecule has 190 valence electrons. The molecule has 3 aromatic rings. The van der Waals surface area contributed by atoms with Crippen LogP contribution in [0.1, 0.15) is 21.5 Å². The number of rotatable bonds is 6. The standard InChI is InChI=1S/C21H19F6N3O3S2/c1-29(2)6-7-30(19-28-16-5-4-15(35(3,32)33)11-17(16)34-19)18(31)12-8-13(20(22,23)24)10-14(9-12)21(25,26)27/h4-5,8-11H,6-7H2,1-3H3. The molecule has 0 N–H and O–H groups in total. The molecule has 0 bridgehead atoms. The lowest BCUT2D eigenvalue weighted by molar-refractivity contribution is -0.143. The Hall–Kier alpha value is -2.71. The van der Waals surface area contributed by atoms with Gasteiger partial charge in [-0.2, -0.15) is 26.3 Å². The van der Waals surface area contributed by atoms with E-state index in [9.17, 15) is 39.6 Å². The minimum Gasteiger partial charge on any atom is -0.308 e. The summed E-state index contributed by atoms with van der Waals surface area (Å²) in [5, 5.41) is 0.00321. The number of hydrogen-bond donors (Lipinski definition) is 0. The van der Waals surface area contributed by atoms with Crippen LogP contribution in [0, 0.1) is 0 Å². The minimum absolute atomic E-state index is 0.000865. The summed E-state index contributed by atoms with van der Waals surface area (Å²) in [6, 6.07) is 4.75.